The zero-order valence-corrected chi connectivity index (χ0v) is 11.9. The van der Waals surface area contributed by atoms with Crippen LogP contribution in [0.4, 0.5) is 0 Å². The van der Waals surface area contributed by atoms with Gasteiger partial charge in [-0.3, -0.25) is 0 Å². The van der Waals surface area contributed by atoms with Crippen LogP contribution in [0.1, 0.15) is 39.3 Å². The van der Waals surface area contributed by atoms with Gasteiger partial charge >= 0.3 is 7.12 Å². The third-order valence-corrected chi connectivity index (χ3v) is 3.58. The molecule has 0 saturated carbocycles. The van der Waals surface area contributed by atoms with Gasteiger partial charge in [-0.15, -0.1) is 0 Å². The number of aromatic nitrogens is 1. The topological polar surface area (TPSA) is 53.7 Å². The van der Waals surface area contributed by atoms with Crippen LogP contribution in [0.15, 0.2) is 4.42 Å². The first kappa shape index (κ1) is 13.6. The van der Waals surface area contributed by atoms with Crippen molar-refractivity contribution in [3.8, 4) is 0 Å². The average molecular weight is 253 g/mol. The van der Waals surface area contributed by atoms with Gasteiger partial charge in [-0.05, 0) is 27.7 Å². The van der Waals surface area contributed by atoms with Crippen LogP contribution in [-0.4, -0.2) is 30.4 Å². The van der Waals surface area contributed by atoms with Crippen LogP contribution in [-0.2, 0) is 20.7 Å². The molecule has 1 saturated heterocycles. The second kappa shape index (κ2) is 4.37. The lowest BCUT2D eigenvalue weighted by Gasteiger charge is -2.32. The zero-order valence-electron chi connectivity index (χ0n) is 11.9. The van der Waals surface area contributed by atoms with E-state index < -0.39 is 7.12 Å². The third kappa shape index (κ3) is 2.20. The minimum Gasteiger partial charge on any atom is -0.449 e. The number of hydrogen-bond donors (Lipinski definition) is 0. The van der Waals surface area contributed by atoms with Gasteiger partial charge in [0.2, 0.25) is 0 Å². The van der Waals surface area contributed by atoms with E-state index in [1.165, 1.54) is 0 Å². The lowest BCUT2D eigenvalue weighted by molar-refractivity contribution is 0.00578. The first-order valence-corrected chi connectivity index (χ1v) is 6.07. The highest BCUT2D eigenvalue weighted by Gasteiger charge is 2.54. The van der Waals surface area contributed by atoms with Crippen molar-refractivity contribution in [2.45, 2.75) is 52.4 Å². The van der Waals surface area contributed by atoms with Crippen molar-refractivity contribution >= 4 is 12.8 Å². The third-order valence-electron chi connectivity index (χ3n) is 3.58. The van der Waals surface area contributed by atoms with E-state index in [0.717, 1.165) is 5.69 Å². The SMILES string of the molecule is COCc1nc(C)oc1B1OC(C)(C)C(C)(C)O1. The minimum atomic E-state index is -0.527. The van der Waals surface area contributed by atoms with Crippen molar-refractivity contribution in [3.05, 3.63) is 11.6 Å². The van der Waals surface area contributed by atoms with E-state index in [0.29, 0.717) is 18.2 Å². The molecule has 2 rings (SSSR count). The highest BCUT2D eigenvalue weighted by molar-refractivity contribution is 6.61. The van der Waals surface area contributed by atoms with Crippen LogP contribution in [0.5, 0.6) is 0 Å². The Kier molecular flexibility index (Phi) is 3.29. The fourth-order valence-corrected chi connectivity index (χ4v) is 1.86. The molecule has 2 heterocycles. The van der Waals surface area contributed by atoms with Crippen LogP contribution in [0.3, 0.4) is 0 Å². The molecule has 0 aromatic carbocycles. The summed E-state index contributed by atoms with van der Waals surface area (Å²) in [6, 6.07) is 0. The molecule has 1 aliphatic rings. The number of rotatable bonds is 3. The van der Waals surface area contributed by atoms with Crippen LogP contribution in [0.25, 0.3) is 0 Å². The Hall–Kier alpha value is -0.845. The largest absolute Gasteiger partial charge is 0.534 e. The molecular weight excluding hydrogens is 233 g/mol. The molecule has 0 spiro atoms. The summed E-state index contributed by atoms with van der Waals surface area (Å²) in [7, 11) is 1.10. The van der Waals surface area contributed by atoms with Gasteiger partial charge in [-0.1, -0.05) is 0 Å². The Morgan fingerprint density at radius 3 is 2.22 bits per heavy atom. The number of nitrogens with zero attached hydrogens (tertiary/aromatic N) is 1. The number of hydrogen-bond acceptors (Lipinski definition) is 5. The molecule has 0 radical (unpaired) electrons. The van der Waals surface area contributed by atoms with Gasteiger partial charge in [-0.2, -0.15) is 0 Å². The monoisotopic (exact) mass is 253 g/mol. The van der Waals surface area contributed by atoms with Crippen LogP contribution in [0.2, 0.25) is 0 Å². The maximum absolute atomic E-state index is 5.94. The molecule has 1 fully saturated rings. The summed E-state index contributed by atoms with van der Waals surface area (Å²) in [6.07, 6.45) is 0. The van der Waals surface area contributed by atoms with E-state index in [-0.39, 0.29) is 11.2 Å². The molecule has 0 bridgehead atoms. The first-order valence-electron chi connectivity index (χ1n) is 6.07. The first-order chi connectivity index (χ1) is 8.27. The van der Waals surface area contributed by atoms with E-state index >= 15 is 0 Å². The molecule has 0 unspecified atom stereocenters. The predicted octanol–water partition coefficient (Wildman–Crippen LogP) is 1.43. The van der Waals surface area contributed by atoms with Crippen LogP contribution in [0, 0.1) is 6.92 Å². The molecule has 1 aliphatic heterocycles. The van der Waals surface area contributed by atoms with Crippen molar-refractivity contribution in [1.29, 1.82) is 0 Å². The standard InChI is InChI=1S/C12H20BNO4/c1-8-14-9(7-15-6)10(16-8)13-17-11(2,3)12(4,5)18-13/h7H2,1-6H3. The molecular formula is C12H20BNO4. The Morgan fingerprint density at radius 2 is 1.72 bits per heavy atom. The Bertz CT molecular complexity index is 425. The molecule has 0 atom stereocenters. The fraction of sp³-hybridized carbons (Fsp3) is 0.750. The van der Waals surface area contributed by atoms with Gasteiger partial charge in [-0.25, -0.2) is 4.98 Å². The summed E-state index contributed by atoms with van der Waals surface area (Å²) < 4.78 is 22.6. The van der Waals surface area contributed by atoms with Crippen molar-refractivity contribution in [2.24, 2.45) is 0 Å². The van der Waals surface area contributed by atoms with E-state index in [4.69, 9.17) is 18.5 Å². The van der Waals surface area contributed by atoms with E-state index in [1.54, 1.807) is 14.0 Å². The van der Waals surface area contributed by atoms with Crippen molar-refractivity contribution in [3.63, 3.8) is 0 Å². The van der Waals surface area contributed by atoms with E-state index in [2.05, 4.69) is 4.98 Å². The summed E-state index contributed by atoms with van der Waals surface area (Å²) in [6.45, 7) is 10.2. The Balaban J connectivity index is 2.29. The summed E-state index contributed by atoms with van der Waals surface area (Å²) in [5.74, 6) is 0.590. The molecule has 100 valence electrons. The smallest absolute Gasteiger partial charge is 0.449 e. The minimum absolute atomic E-state index is 0.386. The molecule has 0 aliphatic carbocycles. The van der Waals surface area contributed by atoms with Gasteiger partial charge in [0.1, 0.15) is 5.69 Å². The maximum atomic E-state index is 5.94. The summed E-state index contributed by atoms with van der Waals surface area (Å²) >= 11 is 0. The summed E-state index contributed by atoms with van der Waals surface area (Å²) in [5.41, 5.74) is 0.562. The fourth-order valence-electron chi connectivity index (χ4n) is 1.86. The molecule has 1 aromatic heterocycles. The molecule has 1 aromatic rings. The molecule has 6 heteroatoms. The second-order valence-corrected chi connectivity index (χ2v) is 5.57. The van der Waals surface area contributed by atoms with Gasteiger partial charge in [0, 0.05) is 14.0 Å². The van der Waals surface area contributed by atoms with E-state index in [1.807, 2.05) is 27.7 Å². The Labute approximate surface area is 108 Å². The molecule has 0 N–H and O–H groups in total. The molecule has 18 heavy (non-hydrogen) atoms. The molecule has 0 amide bonds. The lowest BCUT2D eigenvalue weighted by Crippen LogP contribution is -2.41. The van der Waals surface area contributed by atoms with Gasteiger partial charge in [0.15, 0.2) is 11.6 Å². The van der Waals surface area contributed by atoms with Gasteiger partial charge < -0.3 is 18.5 Å². The predicted molar refractivity (Wildman–Crippen MR) is 67.7 cm³/mol. The number of ether oxygens (including phenoxy) is 1. The Morgan fingerprint density at radius 1 is 1.17 bits per heavy atom. The maximum Gasteiger partial charge on any atom is 0.534 e. The number of methoxy groups -OCH3 is 1. The quantitative estimate of drug-likeness (QED) is 0.762. The molecule has 5 nitrogen and oxygen atoms in total. The zero-order chi connectivity index (χ0) is 13.6. The normalized spacial score (nSPS) is 21.6. The van der Waals surface area contributed by atoms with Crippen molar-refractivity contribution < 1.29 is 18.5 Å². The van der Waals surface area contributed by atoms with Crippen molar-refractivity contribution in [2.75, 3.05) is 7.11 Å². The number of aryl methyl sites for hydroxylation is 1. The lowest BCUT2D eigenvalue weighted by atomic mass is 9.84. The summed E-state index contributed by atoms with van der Waals surface area (Å²) in [4.78, 5) is 4.29. The van der Waals surface area contributed by atoms with Crippen LogP contribution < -0.4 is 5.66 Å². The van der Waals surface area contributed by atoms with Gasteiger partial charge in [0.25, 0.3) is 0 Å². The van der Waals surface area contributed by atoms with E-state index in [9.17, 15) is 0 Å². The van der Waals surface area contributed by atoms with Crippen LogP contribution >= 0.6 is 0 Å². The average Bonchev–Trinajstić information content (AvgIpc) is 2.67. The number of oxazole rings is 1. The highest BCUT2D eigenvalue weighted by atomic mass is 16.7. The second-order valence-electron chi connectivity index (χ2n) is 5.57. The van der Waals surface area contributed by atoms with Gasteiger partial charge in [0.05, 0.1) is 17.8 Å². The summed E-state index contributed by atoms with van der Waals surface area (Å²) in [5, 5.41) is 0. The van der Waals surface area contributed by atoms with Crippen molar-refractivity contribution in [1.82, 2.24) is 4.98 Å². The highest BCUT2D eigenvalue weighted by Crippen LogP contribution is 2.36.